The lowest BCUT2D eigenvalue weighted by Crippen LogP contribution is -2.01. The first kappa shape index (κ1) is 13.2. The highest BCUT2D eigenvalue weighted by molar-refractivity contribution is 5.76. The summed E-state index contributed by atoms with van der Waals surface area (Å²) in [5.74, 6) is 1.31. The normalized spacial score (nSPS) is 17.1. The van der Waals surface area contributed by atoms with Gasteiger partial charge < -0.3 is 5.73 Å². The minimum atomic E-state index is 0.546. The van der Waals surface area contributed by atoms with Crippen molar-refractivity contribution in [2.24, 2.45) is 7.05 Å². The highest BCUT2D eigenvalue weighted by Gasteiger charge is 2.24. The quantitative estimate of drug-likeness (QED) is 0.850. The molecule has 1 aliphatic rings. The van der Waals surface area contributed by atoms with Gasteiger partial charge in [0.05, 0.1) is 5.69 Å². The van der Waals surface area contributed by atoms with Gasteiger partial charge in [0.1, 0.15) is 5.82 Å². The van der Waals surface area contributed by atoms with Crippen LogP contribution < -0.4 is 5.73 Å². The van der Waals surface area contributed by atoms with E-state index in [1.54, 1.807) is 0 Å². The number of anilines is 1. The van der Waals surface area contributed by atoms with Crippen LogP contribution >= 0.6 is 0 Å². The number of hydrogen-bond donors (Lipinski definition) is 1. The Kier molecular flexibility index (Phi) is 3.72. The average molecular weight is 270 g/mol. The molecule has 0 radical (unpaired) electrons. The van der Waals surface area contributed by atoms with E-state index in [1.165, 1.54) is 44.2 Å². The molecule has 1 aliphatic carbocycles. The zero-order valence-corrected chi connectivity index (χ0v) is 12.0. The van der Waals surface area contributed by atoms with Gasteiger partial charge in [0.2, 0.25) is 0 Å². The maximum Gasteiger partial charge on any atom is 0.129 e. The molecule has 0 amide bonds. The van der Waals surface area contributed by atoms with Crippen molar-refractivity contribution >= 4 is 5.82 Å². The maximum atomic E-state index is 6.26. The standard InChI is InChI=1S/C16H22N4/c1-20-16(17)14(12-8-10-18-11-9-12)15(19-20)13-6-4-2-3-5-7-13/h8-11,13H,2-7,17H2,1H3. The van der Waals surface area contributed by atoms with E-state index in [2.05, 4.69) is 4.98 Å². The number of nitrogens with zero attached hydrogens (tertiary/aromatic N) is 3. The predicted molar refractivity (Wildman–Crippen MR) is 81.3 cm³/mol. The third-order valence-corrected chi connectivity index (χ3v) is 4.33. The SMILES string of the molecule is Cn1nc(C2CCCCCC2)c(-c2ccncc2)c1N. The topological polar surface area (TPSA) is 56.7 Å². The van der Waals surface area contributed by atoms with Gasteiger partial charge >= 0.3 is 0 Å². The van der Waals surface area contributed by atoms with Gasteiger partial charge in [0, 0.05) is 30.9 Å². The third-order valence-electron chi connectivity index (χ3n) is 4.33. The third kappa shape index (κ3) is 2.42. The van der Waals surface area contributed by atoms with Crippen LogP contribution in [-0.4, -0.2) is 14.8 Å². The zero-order valence-electron chi connectivity index (χ0n) is 12.0. The summed E-state index contributed by atoms with van der Waals surface area (Å²) >= 11 is 0. The van der Waals surface area contributed by atoms with Gasteiger partial charge in [-0.1, -0.05) is 25.7 Å². The van der Waals surface area contributed by atoms with Crippen LogP contribution in [0.1, 0.15) is 50.1 Å². The number of aryl methyl sites for hydroxylation is 1. The molecule has 2 aromatic rings. The Morgan fingerprint density at radius 2 is 1.75 bits per heavy atom. The highest BCUT2D eigenvalue weighted by Crippen LogP contribution is 2.39. The number of hydrogen-bond acceptors (Lipinski definition) is 3. The summed E-state index contributed by atoms with van der Waals surface area (Å²) in [6, 6.07) is 4.04. The number of rotatable bonds is 2. The van der Waals surface area contributed by atoms with Crippen molar-refractivity contribution in [1.29, 1.82) is 0 Å². The van der Waals surface area contributed by atoms with Gasteiger partial charge in [-0.3, -0.25) is 9.67 Å². The zero-order chi connectivity index (χ0) is 13.9. The van der Waals surface area contributed by atoms with E-state index in [9.17, 15) is 0 Å². The van der Waals surface area contributed by atoms with Crippen LogP contribution in [0.25, 0.3) is 11.1 Å². The first-order chi connectivity index (χ1) is 9.77. The Morgan fingerprint density at radius 3 is 2.40 bits per heavy atom. The second-order valence-electron chi connectivity index (χ2n) is 5.69. The van der Waals surface area contributed by atoms with E-state index in [1.807, 2.05) is 36.3 Å². The molecule has 0 atom stereocenters. The smallest absolute Gasteiger partial charge is 0.129 e. The second-order valence-corrected chi connectivity index (χ2v) is 5.69. The Balaban J connectivity index is 2.04. The largest absolute Gasteiger partial charge is 0.383 e. The lowest BCUT2D eigenvalue weighted by atomic mass is 9.91. The first-order valence-electron chi connectivity index (χ1n) is 7.50. The van der Waals surface area contributed by atoms with Gasteiger partial charge in [-0.15, -0.1) is 0 Å². The van der Waals surface area contributed by atoms with Gasteiger partial charge in [-0.25, -0.2) is 0 Å². The highest BCUT2D eigenvalue weighted by atomic mass is 15.3. The Morgan fingerprint density at radius 1 is 1.10 bits per heavy atom. The lowest BCUT2D eigenvalue weighted by molar-refractivity contribution is 0.567. The van der Waals surface area contributed by atoms with Gasteiger partial charge in [0.25, 0.3) is 0 Å². The van der Waals surface area contributed by atoms with E-state index in [0.717, 1.165) is 16.9 Å². The number of nitrogen functional groups attached to an aromatic ring is 1. The van der Waals surface area contributed by atoms with Gasteiger partial charge in [0.15, 0.2) is 0 Å². The summed E-state index contributed by atoms with van der Waals surface area (Å²) in [6.45, 7) is 0. The monoisotopic (exact) mass is 270 g/mol. The summed E-state index contributed by atoms with van der Waals surface area (Å²) < 4.78 is 1.82. The van der Waals surface area contributed by atoms with Crippen LogP contribution in [0.3, 0.4) is 0 Å². The van der Waals surface area contributed by atoms with Crippen LogP contribution in [0.15, 0.2) is 24.5 Å². The molecule has 1 fully saturated rings. The van der Waals surface area contributed by atoms with E-state index >= 15 is 0 Å². The number of pyridine rings is 1. The van der Waals surface area contributed by atoms with Gasteiger partial charge in [-0.05, 0) is 30.5 Å². The Hall–Kier alpha value is -1.84. The molecule has 2 N–H and O–H groups in total. The second kappa shape index (κ2) is 5.65. The molecule has 4 nitrogen and oxygen atoms in total. The molecule has 0 spiro atoms. The van der Waals surface area contributed by atoms with Crippen molar-refractivity contribution in [2.45, 2.75) is 44.4 Å². The van der Waals surface area contributed by atoms with Crippen molar-refractivity contribution in [3.63, 3.8) is 0 Å². The van der Waals surface area contributed by atoms with Crippen LogP contribution in [0, 0.1) is 0 Å². The number of nitrogens with two attached hydrogens (primary N) is 1. The minimum absolute atomic E-state index is 0.546. The fourth-order valence-electron chi connectivity index (χ4n) is 3.21. The molecule has 2 aromatic heterocycles. The van der Waals surface area contributed by atoms with Crippen LogP contribution in [-0.2, 0) is 7.05 Å². The van der Waals surface area contributed by atoms with Crippen LogP contribution in [0.5, 0.6) is 0 Å². The molecule has 0 aromatic carbocycles. The number of aromatic nitrogens is 3. The molecule has 4 heteroatoms. The molecule has 0 bridgehead atoms. The van der Waals surface area contributed by atoms with E-state index in [4.69, 9.17) is 10.8 Å². The van der Waals surface area contributed by atoms with Crippen molar-refractivity contribution in [3.8, 4) is 11.1 Å². The Labute approximate surface area is 120 Å². The molecule has 106 valence electrons. The predicted octanol–water partition coefficient (Wildman–Crippen LogP) is 3.50. The summed E-state index contributed by atoms with van der Waals surface area (Å²) in [5.41, 5.74) is 9.68. The molecule has 0 aliphatic heterocycles. The fourth-order valence-corrected chi connectivity index (χ4v) is 3.21. The maximum absolute atomic E-state index is 6.26. The molecule has 0 saturated heterocycles. The summed E-state index contributed by atoms with van der Waals surface area (Å²) in [6.07, 6.45) is 11.4. The van der Waals surface area contributed by atoms with Crippen molar-refractivity contribution in [3.05, 3.63) is 30.2 Å². The molecule has 1 saturated carbocycles. The Bertz CT molecular complexity index is 566. The van der Waals surface area contributed by atoms with Crippen LogP contribution in [0.4, 0.5) is 5.82 Å². The molecular formula is C16H22N4. The lowest BCUT2D eigenvalue weighted by Gasteiger charge is -2.13. The summed E-state index contributed by atoms with van der Waals surface area (Å²) in [5, 5.41) is 4.72. The molecule has 0 unspecified atom stereocenters. The molecular weight excluding hydrogens is 248 g/mol. The molecule has 20 heavy (non-hydrogen) atoms. The first-order valence-corrected chi connectivity index (χ1v) is 7.50. The van der Waals surface area contributed by atoms with Gasteiger partial charge in [-0.2, -0.15) is 5.10 Å². The van der Waals surface area contributed by atoms with Crippen molar-refractivity contribution in [2.75, 3.05) is 5.73 Å². The van der Waals surface area contributed by atoms with E-state index < -0.39 is 0 Å². The van der Waals surface area contributed by atoms with Crippen molar-refractivity contribution < 1.29 is 0 Å². The molecule has 3 rings (SSSR count). The van der Waals surface area contributed by atoms with E-state index in [0.29, 0.717) is 5.92 Å². The molecule has 2 heterocycles. The summed E-state index contributed by atoms with van der Waals surface area (Å²) in [7, 11) is 1.93. The fraction of sp³-hybridized carbons (Fsp3) is 0.500. The average Bonchev–Trinajstić information content (AvgIpc) is 2.68. The van der Waals surface area contributed by atoms with Crippen LogP contribution in [0.2, 0.25) is 0 Å². The minimum Gasteiger partial charge on any atom is -0.383 e. The summed E-state index contributed by atoms with van der Waals surface area (Å²) in [4.78, 5) is 4.10. The van der Waals surface area contributed by atoms with Crippen molar-refractivity contribution in [1.82, 2.24) is 14.8 Å². The van der Waals surface area contributed by atoms with E-state index in [-0.39, 0.29) is 0 Å².